The number of amides is 1. The zero-order valence-electron chi connectivity index (χ0n) is 10.4. The molecule has 0 spiro atoms. The van der Waals surface area contributed by atoms with Gasteiger partial charge in [0.05, 0.1) is 18.4 Å². The predicted octanol–water partition coefficient (Wildman–Crippen LogP) is 1.90. The van der Waals surface area contributed by atoms with Gasteiger partial charge in [0.2, 0.25) is 5.91 Å². The second-order valence-electron chi connectivity index (χ2n) is 4.54. The van der Waals surface area contributed by atoms with E-state index in [2.05, 4.69) is 12.1 Å². The van der Waals surface area contributed by atoms with Gasteiger partial charge in [-0.15, -0.1) is 11.8 Å². The quantitative estimate of drug-likeness (QED) is 0.884. The monoisotopic (exact) mass is 265 g/mol. The fourth-order valence-electron chi connectivity index (χ4n) is 2.27. The molecule has 0 saturated carbocycles. The van der Waals surface area contributed by atoms with Crippen molar-refractivity contribution in [3.05, 3.63) is 35.9 Å². The number of carbonyl (C=O) groups is 1. The van der Waals surface area contributed by atoms with Crippen LogP contribution < -0.4 is 0 Å². The van der Waals surface area contributed by atoms with E-state index >= 15 is 0 Å². The molecule has 1 aliphatic rings. The molecule has 0 aliphatic carbocycles. The number of hydrogen-bond acceptors (Lipinski definition) is 3. The van der Waals surface area contributed by atoms with Gasteiger partial charge in [0.1, 0.15) is 0 Å². The fourth-order valence-corrected chi connectivity index (χ4v) is 3.14. The highest BCUT2D eigenvalue weighted by atomic mass is 32.2. The number of carbonyl (C=O) groups excluding carboxylic acids is 1. The summed E-state index contributed by atoms with van der Waals surface area (Å²) >= 11 is 1.64. The van der Waals surface area contributed by atoms with Crippen molar-refractivity contribution in [3.8, 4) is 0 Å². The van der Waals surface area contributed by atoms with Crippen LogP contribution in [0.15, 0.2) is 30.3 Å². The van der Waals surface area contributed by atoms with Crippen molar-refractivity contribution < 1.29 is 9.90 Å². The number of benzene rings is 1. The maximum atomic E-state index is 12.0. The molecule has 1 atom stereocenters. The second-order valence-corrected chi connectivity index (χ2v) is 5.53. The van der Waals surface area contributed by atoms with Crippen molar-refractivity contribution >= 4 is 17.7 Å². The number of likely N-dealkylation sites (tertiary alicyclic amines) is 1. The SMILES string of the molecule is O=C(CSCc1ccccc1)N1CCC[C@H]1CO. The highest BCUT2D eigenvalue weighted by molar-refractivity contribution is 7.99. The number of rotatable bonds is 5. The summed E-state index contributed by atoms with van der Waals surface area (Å²) in [5, 5.41) is 9.19. The van der Waals surface area contributed by atoms with Crippen molar-refractivity contribution in [1.29, 1.82) is 0 Å². The molecule has 1 amide bonds. The van der Waals surface area contributed by atoms with Gasteiger partial charge in [-0.1, -0.05) is 30.3 Å². The van der Waals surface area contributed by atoms with E-state index in [1.807, 2.05) is 23.1 Å². The van der Waals surface area contributed by atoms with E-state index < -0.39 is 0 Å². The number of aliphatic hydroxyl groups is 1. The van der Waals surface area contributed by atoms with Crippen LogP contribution in [0, 0.1) is 0 Å². The van der Waals surface area contributed by atoms with Crippen molar-refractivity contribution in [2.45, 2.75) is 24.6 Å². The van der Waals surface area contributed by atoms with Gasteiger partial charge in [0, 0.05) is 12.3 Å². The van der Waals surface area contributed by atoms with Crippen molar-refractivity contribution in [1.82, 2.24) is 4.90 Å². The summed E-state index contributed by atoms with van der Waals surface area (Å²) in [6.45, 7) is 0.894. The topological polar surface area (TPSA) is 40.5 Å². The van der Waals surface area contributed by atoms with Crippen LogP contribution in [0.5, 0.6) is 0 Å². The molecular formula is C14H19NO2S. The number of hydrogen-bond donors (Lipinski definition) is 1. The molecule has 1 aliphatic heterocycles. The third-order valence-corrected chi connectivity index (χ3v) is 4.23. The normalized spacial score (nSPS) is 19.2. The van der Waals surface area contributed by atoms with Gasteiger partial charge in [-0.3, -0.25) is 4.79 Å². The average Bonchev–Trinajstić information content (AvgIpc) is 2.88. The lowest BCUT2D eigenvalue weighted by Gasteiger charge is -2.22. The first kappa shape index (κ1) is 13.4. The molecule has 18 heavy (non-hydrogen) atoms. The van der Waals surface area contributed by atoms with Crippen molar-refractivity contribution in [2.24, 2.45) is 0 Å². The molecule has 4 heteroatoms. The van der Waals surface area contributed by atoms with Crippen LogP contribution in [-0.4, -0.2) is 40.9 Å². The van der Waals surface area contributed by atoms with Crippen LogP contribution in [0.2, 0.25) is 0 Å². The van der Waals surface area contributed by atoms with E-state index in [-0.39, 0.29) is 18.6 Å². The highest BCUT2D eigenvalue weighted by Gasteiger charge is 2.27. The summed E-state index contributed by atoms with van der Waals surface area (Å²) in [7, 11) is 0. The van der Waals surface area contributed by atoms with E-state index in [1.54, 1.807) is 11.8 Å². The standard InChI is InChI=1S/C14H19NO2S/c16-9-13-7-4-8-15(13)14(17)11-18-10-12-5-2-1-3-6-12/h1-3,5-6,13,16H,4,7-11H2/t13-/m0/s1. The Kier molecular flexibility index (Phi) is 5.08. The number of nitrogens with zero attached hydrogens (tertiary/aromatic N) is 1. The molecule has 0 radical (unpaired) electrons. The Balaban J connectivity index is 1.75. The molecule has 3 nitrogen and oxygen atoms in total. The average molecular weight is 265 g/mol. The fraction of sp³-hybridized carbons (Fsp3) is 0.500. The first-order valence-corrected chi connectivity index (χ1v) is 7.48. The maximum absolute atomic E-state index is 12.0. The Hall–Kier alpha value is -1.00. The minimum atomic E-state index is 0.0508. The van der Waals surface area contributed by atoms with Crippen molar-refractivity contribution in [3.63, 3.8) is 0 Å². The summed E-state index contributed by atoms with van der Waals surface area (Å²) in [5.74, 6) is 1.53. The summed E-state index contributed by atoms with van der Waals surface area (Å²) < 4.78 is 0. The van der Waals surface area contributed by atoms with Gasteiger partial charge in [0.25, 0.3) is 0 Å². The number of thioether (sulfide) groups is 1. The molecule has 1 aromatic carbocycles. The van der Waals surface area contributed by atoms with E-state index in [1.165, 1.54) is 5.56 Å². The van der Waals surface area contributed by atoms with E-state index in [4.69, 9.17) is 0 Å². The predicted molar refractivity (Wildman–Crippen MR) is 74.4 cm³/mol. The molecule has 1 saturated heterocycles. The van der Waals surface area contributed by atoms with Crippen LogP contribution in [0.1, 0.15) is 18.4 Å². The summed E-state index contributed by atoms with van der Waals surface area (Å²) in [6, 6.07) is 10.2. The second kappa shape index (κ2) is 6.81. The molecule has 1 heterocycles. The van der Waals surface area contributed by atoms with Crippen LogP contribution in [0.4, 0.5) is 0 Å². The van der Waals surface area contributed by atoms with Gasteiger partial charge < -0.3 is 10.0 Å². The zero-order valence-corrected chi connectivity index (χ0v) is 11.2. The Morgan fingerprint density at radius 3 is 2.89 bits per heavy atom. The lowest BCUT2D eigenvalue weighted by atomic mass is 10.2. The Labute approximate surface area is 112 Å². The van der Waals surface area contributed by atoms with E-state index in [9.17, 15) is 9.90 Å². The molecule has 2 rings (SSSR count). The smallest absolute Gasteiger partial charge is 0.232 e. The molecule has 0 aromatic heterocycles. The lowest BCUT2D eigenvalue weighted by molar-refractivity contribution is -0.129. The highest BCUT2D eigenvalue weighted by Crippen LogP contribution is 2.19. The van der Waals surface area contributed by atoms with Gasteiger partial charge in [-0.2, -0.15) is 0 Å². The molecule has 1 fully saturated rings. The van der Waals surface area contributed by atoms with E-state index in [0.717, 1.165) is 25.1 Å². The first-order chi connectivity index (χ1) is 8.81. The Morgan fingerprint density at radius 1 is 1.39 bits per heavy atom. The molecule has 98 valence electrons. The van der Waals surface area contributed by atoms with Gasteiger partial charge in [0.15, 0.2) is 0 Å². The zero-order chi connectivity index (χ0) is 12.8. The Bertz CT molecular complexity index is 383. The van der Waals surface area contributed by atoms with Crippen LogP contribution in [0.3, 0.4) is 0 Å². The lowest BCUT2D eigenvalue weighted by Crippen LogP contribution is -2.38. The molecule has 0 bridgehead atoms. The molecular weight excluding hydrogens is 246 g/mol. The molecule has 1 N–H and O–H groups in total. The third-order valence-electron chi connectivity index (χ3n) is 3.25. The van der Waals surface area contributed by atoms with Crippen LogP contribution >= 0.6 is 11.8 Å². The first-order valence-electron chi connectivity index (χ1n) is 6.33. The minimum absolute atomic E-state index is 0.0508. The summed E-state index contributed by atoms with van der Waals surface area (Å²) in [5.41, 5.74) is 1.25. The van der Waals surface area contributed by atoms with Crippen molar-refractivity contribution in [2.75, 3.05) is 18.9 Å². The van der Waals surface area contributed by atoms with E-state index in [0.29, 0.717) is 5.75 Å². The largest absolute Gasteiger partial charge is 0.394 e. The number of aliphatic hydroxyl groups excluding tert-OH is 1. The molecule has 0 unspecified atom stereocenters. The summed E-state index contributed by atoms with van der Waals surface area (Å²) in [6.07, 6.45) is 1.95. The van der Waals surface area contributed by atoms with Gasteiger partial charge in [-0.25, -0.2) is 0 Å². The van der Waals surface area contributed by atoms with Gasteiger partial charge in [-0.05, 0) is 18.4 Å². The van der Waals surface area contributed by atoms with Crippen LogP contribution in [-0.2, 0) is 10.5 Å². The summed E-state index contributed by atoms with van der Waals surface area (Å²) in [4.78, 5) is 13.8. The minimum Gasteiger partial charge on any atom is -0.394 e. The van der Waals surface area contributed by atoms with Crippen LogP contribution in [0.25, 0.3) is 0 Å². The van der Waals surface area contributed by atoms with Gasteiger partial charge >= 0.3 is 0 Å². The Morgan fingerprint density at radius 2 is 2.17 bits per heavy atom. The maximum Gasteiger partial charge on any atom is 0.232 e. The molecule has 1 aromatic rings. The third kappa shape index (κ3) is 3.50.